The third-order valence-electron chi connectivity index (χ3n) is 5.95. The van der Waals surface area contributed by atoms with Crippen LogP contribution in [0.3, 0.4) is 0 Å². The molecule has 0 spiro atoms. The molecule has 28 heavy (non-hydrogen) atoms. The third kappa shape index (κ3) is 3.18. The first-order chi connectivity index (χ1) is 13.8. The standard InChI is InChI=1S/C22H24N4O2/c27-22(25-9-5-16-3-1-2-4-17(16)6-10-25)18-13-20-21(23-14-18)26(15-24-20)19-7-11-28-12-8-19/h1-4,13-15,19H,5-12H2. The molecule has 0 radical (unpaired) electrons. The zero-order valence-corrected chi connectivity index (χ0v) is 15.9. The molecule has 0 saturated carbocycles. The van der Waals surface area contributed by atoms with Crippen LogP contribution in [0, 0.1) is 0 Å². The highest BCUT2D eigenvalue weighted by molar-refractivity contribution is 5.96. The Morgan fingerprint density at radius 3 is 2.46 bits per heavy atom. The van der Waals surface area contributed by atoms with Crippen molar-refractivity contribution in [3.05, 3.63) is 59.5 Å². The molecule has 0 unspecified atom stereocenters. The molecule has 6 heteroatoms. The Hall–Kier alpha value is -2.73. The van der Waals surface area contributed by atoms with E-state index in [0.717, 1.165) is 63.2 Å². The van der Waals surface area contributed by atoms with Crippen molar-refractivity contribution in [1.29, 1.82) is 0 Å². The number of ether oxygens (including phenoxy) is 1. The number of imidazole rings is 1. The molecule has 5 rings (SSSR count). The average molecular weight is 376 g/mol. The van der Waals surface area contributed by atoms with E-state index in [9.17, 15) is 4.79 Å². The monoisotopic (exact) mass is 376 g/mol. The SMILES string of the molecule is O=C(c1cnc2c(c1)ncn2C1CCOCC1)N1CCc2ccccc2CC1. The Morgan fingerprint density at radius 2 is 1.75 bits per heavy atom. The topological polar surface area (TPSA) is 60.3 Å². The molecule has 0 N–H and O–H groups in total. The van der Waals surface area contributed by atoms with E-state index in [1.165, 1.54) is 11.1 Å². The van der Waals surface area contributed by atoms with Crippen LogP contribution in [0.25, 0.3) is 11.2 Å². The molecule has 3 aromatic rings. The van der Waals surface area contributed by atoms with Crippen molar-refractivity contribution in [3.63, 3.8) is 0 Å². The van der Waals surface area contributed by atoms with Crippen molar-refractivity contribution >= 4 is 17.1 Å². The number of fused-ring (bicyclic) bond motifs is 2. The van der Waals surface area contributed by atoms with Crippen molar-refractivity contribution in [2.24, 2.45) is 0 Å². The number of aromatic nitrogens is 3. The Balaban J connectivity index is 1.37. The van der Waals surface area contributed by atoms with Gasteiger partial charge in [0.1, 0.15) is 5.52 Å². The molecule has 2 aliphatic rings. The molecule has 2 aromatic heterocycles. The molecule has 1 aromatic carbocycles. The molecule has 1 amide bonds. The van der Waals surface area contributed by atoms with Gasteiger partial charge in [0.2, 0.25) is 0 Å². The van der Waals surface area contributed by atoms with Crippen molar-refractivity contribution < 1.29 is 9.53 Å². The molecule has 2 aliphatic heterocycles. The van der Waals surface area contributed by atoms with Crippen LogP contribution < -0.4 is 0 Å². The summed E-state index contributed by atoms with van der Waals surface area (Å²) < 4.78 is 7.59. The summed E-state index contributed by atoms with van der Waals surface area (Å²) in [5.41, 5.74) is 4.96. The largest absolute Gasteiger partial charge is 0.381 e. The van der Waals surface area contributed by atoms with Crippen LogP contribution in [-0.2, 0) is 17.6 Å². The summed E-state index contributed by atoms with van der Waals surface area (Å²) in [4.78, 5) is 24.2. The number of carbonyl (C=O) groups is 1. The number of amides is 1. The summed E-state index contributed by atoms with van der Waals surface area (Å²) in [7, 11) is 0. The zero-order chi connectivity index (χ0) is 18.9. The average Bonchev–Trinajstić information content (AvgIpc) is 3.05. The van der Waals surface area contributed by atoms with Gasteiger partial charge in [-0.3, -0.25) is 4.79 Å². The maximum absolute atomic E-state index is 13.1. The van der Waals surface area contributed by atoms with Crippen LogP contribution in [0.2, 0.25) is 0 Å². The normalized spacial score (nSPS) is 18.1. The van der Waals surface area contributed by atoms with Crippen molar-refractivity contribution in [2.75, 3.05) is 26.3 Å². The minimum Gasteiger partial charge on any atom is -0.381 e. The zero-order valence-electron chi connectivity index (χ0n) is 15.9. The molecule has 144 valence electrons. The predicted molar refractivity (Wildman–Crippen MR) is 106 cm³/mol. The highest BCUT2D eigenvalue weighted by Crippen LogP contribution is 2.25. The van der Waals surface area contributed by atoms with E-state index in [1.54, 1.807) is 6.20 Å². The van der Waals surface area contributed by atoms with Crippen LogP contribution in [0.1, 0.15) is 40.4 Å². The molecule has 0 aliphatic carbocycles. The number of hydrogen-bond acceptors (Lipinski definition) is 4. The number of rotatable bonds is 2. The molecule has 1 fully saturated rings. The second-order valence-electron chi connectivity index (χ2n) is 7.62. The molecule has 6 nitrogen and oxygen atoms in total. The fourth-order valence-electron chi connectivity index (χ4n) is 4.32. The van der Waals surface area contributed by atoms with Gasteiger partial charge in [-0.1, -0.05) is 24.3 Å². The fraction of sp³-hybridized carbons (Fsp3) is 0.409. The molecular weight excluding hydrogens is 352 g/mol. The van der Waals surface area contributed by atoms with Gasteiger partial charge in [-0.2, -0.15) is 0 Å². The number of carbonyl (C=O) groups excluding carboxylic acids is 1. The number of hydrogen-bond donors (Lipinski definition) is 0. The van der Waals surface area contributed by atoms with Gasteiger partial charge in [-0.15, -0.1) is 0 Å². The van der Waals surface area contributed by atoms with Crippen molar-refractivity contribution in [2.45, 2.75) is 31.7 Å². The summed E-state index contributed by atoms with van der Waals surface area (Å²) in [5.74, 6) is 0.0443. The smallest absolute Gasteiger partial charge is 0.255 e. The second kappa shape index (κ2) is 7.36. The van der Waals surface area contributed by atoms with E-state index >= 15 is 0 Å². The first-order valence-electron chi connectivity index (χ1n) is 10.1. The maximum atomic E-state index is 13.1. The lowest BCUT2D eigenvalue weighted by Crippen LogP contribution is -2.33. The lowest BCUT2D eigenvalue weighted by atomic mass is 10.0. The first-order valence-corrected chi connectivity index (χ1v) is 10.1. The molecule has 4 heterocycles. The number of pyridine rings is 1. The Kier molecular flexibility index (Phi) is 4.56. The molecule has 1 saturated heterocycles. The summed E-state index contributed by atoms with van der Waals surface area (Å²) in [6.45, 7) is 3.03. The third-order valence-corrected chi connectivity index (χ3v) is 5.95. The number of benzene rings is 1. The highest BCUT2D eigenvalue weighted by atomic mass is 16.5. The lowest BCUT2D eigenvalue weighted by Gasteiger charge is -2.23. The van der Waals surface area contributed by atoms with Gasteiger partial charge < -0.3 is 14.2 Å². The summed E-state index contributed by atoms with van der Waals surface area (Å²) in [5, 5.41) is 0. The molecule has 0 bridgehead atoms. The predicted octanol–water partition coefficient (Wildman–Crippen LogP) is 3.02. The van der Waals surface area contributed by atoms with E-state index in [-0.39, 0.29) is 5.91 Å². The molecule has 0 atom stereocenters. The van der Waals surface area contributed by atoms with Crippen molar-refractivity contribution in [1.82, 2.24) is 19.4 Å². The van der Waals surface area contributed by atoms with E-state index in [4.69, 9.17) is 4.74 Å². The van der Waals surface area contributed by atoms with Gasteiger partial charge in [-0.25, -0.2) is 9.97 Å². The summed E-state index contributed by atoms with van der Waals surface area (Å²) in [6, 6.07) is 10.7. The minimum atomic E-state index is 0.0443. The van der Waals surface area contributed by atoms with Gasteiger partial charge in [0.15, 0.2) is 5.65 Å². The van der Waals surface area contributed by atoms with Crippen LogP contribution in [0.4, 0.5) is 0 Å². The fourth-order valence-corrected chi connectivity index (χ4v) is 4.32. The summed E-state index contributed by atoms with van der Waals surface area (Å²) >= 11 is 0. The number of nitrogens with zero attached hydrogens (tertiary/aromatic N) is 4. The Labute approximate surface area is 164 Å². The van der Waals surface area contributed by atoms with E-state index in [0.29, 0.717) is 11.6 Å². The minimum absolute atomic E-state index is 0.0443. The quantitative estimate of drug-likeness (QED) is 0.690. The van der Waals surface area contributed by atoms with Crippen LogP contribution >= 0.6 is 0 Å². The highest BCUT2D eigenvalue weighted by Gasteiger charge is 2.22. The Morgan fingerprint density at radius 1 is 1.04 bits per heavy atom. The van der Waals surface area contributed by atoms with E-state index in [2.05, 4.69) is 38.8 Å². The van der Waals surface area contributed by atoms with Crippen LogP contribution in [0.15, 0.2) is 42.9 Å². The van der Waals surface area contributed by atoms with Gasteiger partial charge in [0.25, 0.3) is 5.91 Å². The maximum Gasteiger partial charge on any atom is 0.255 e. The van der Waals surface area contributed by atoms with Crippen molar-refractivity contribution in [3.8, 4) is 0 Å². The van der Waals surface area contributed by atoms with Gasteiger partial charge in [0.05, 0.1) is 11.9 Å². The van der Waals surface area contributed by atoms with Crippen LogP contribution in [0.5, 0.6) is 0 Å². The Bertz CT molecular complexity index is 980. The first kappa shape index (κ1) is 17.4. The van der Waals surface area contributed by atoms with Gasteiger partial charge >= 0.3 is 0 Å². The van der Waals surface area contributed by atoms with Crippen LogP contribution in [-0.4, -0.2) is 51.6 Å². The van der Waals surface area contributed by atoms with Gasteiger partial charge in [0, 0.05) is 38.5 Å². The van der Waals surface area contributed by atoms with Gasteiger partial charge in [-0.05, 0) is 42.9 Å². The van der Waals surface area contributed by atoms with E-state index < -0.39 is 0 Å². The lowest BCUT2D eigenvalue weighted by molar-refractivity contribution is 0.0704. The summed E-state index contributed by atoms with van der Waals surface area (Å²) in [6.07, 6.45) is 7.31. The van der Waals surface area contributed by atoms with E-state index in [1.807, 2.05) is 17.3 Å². The second-order valence-corrected chi connectivity index (χ2v) is 7.62. The molecular formula is C22H24N4O2.